The molecule has 0 fully saturated rings. The number of hydrogen-bond acceptors (Lipinski definition) is 3. The van der Waals surface area contributed by atoms with Gasteiger partial charge in [-0.05, 0) is 12.1 Å². The van der Waals surface area contributed by atoms with E-state index in [0.29, 0.717) is 0 Å². The number of rotatable bonds is 3. The Morgan fingerprint density at radius 2 is 2.00 bits per heavy atom. The topological polar surface area (TPSA) is 59.3 Å². The van der Waals surface area contributed by atoms with Crippen molar-refractivity contribution >= 4 is 5.78 Å². The van der Waals surface area contributed by atoms with E-state index in [1.54, 1.807) is 13.0 Å². The van der Waals surface area contributed by atoms with E-state index in [1.807, 2.05) is 0 Å². The molecule has 0 aliphatic rings. The van der Waals surface area contributed by atoms with Gasteiger partial charge in [-0.25, -0.2) is 4.39 Å². The second-order valence-corrected chi connectivity index (χ2v) is 4.41. The molecule has 0 aliphatic carbocycles. The average molecular weight is 275 g/mol. The summed E-state index contributed by atoms with van der Waals surface area (Å²) in [5.74, 6) is -1.36. The fourth-order valence-corrected chi connectivity index (χ4v) is 2.05. The minimum atomic E-state index is -0.630. The third-order valence-electron chi connectivity index (χ3n) is 3.16. The van der Waals surface area contributed by atoms with Crippen LogP contribution in [0, 0.1) is 5.82 Å². The number of hydrogen-bond donors (Lipinski definition) is 1. The molecule has 1 N–H and O–H groups in total. The Hall–Kier alpha value is -2.43. The smallest absolute Gasteiger partial charge is 0.265 e. The van der Waals surface area contributed by atoms with E-state index in [1.165, 1.54) is 35.9 Å². The molecule has 2 rings (SSSR count). The highest BCUT2D eigenvalue weighted by atomic mass is 19.1. The van der Waals surface area contributed by atoms with Crippen LogP contribution in [0.15, 0.2) is 35.1 Å². The first-order valence-corrected chi connectivity index (χ1v) is 6.18. The molecule has 20 heavy (non-hydrogen) atoms. The molecule has 1 aromatic carbocycles. The number of Topliss-reactive ketones (excluding diaryl/α,β-unsaturated/α-hetero) is 1. The zero-order valence-electron chi connectivity index (χ0n) is 11.2. The molecule has 5 heteroatoms. The van der Waals surface area contributed by atoms with Crippen LogP contribution in [0.25, 0.3) is 11.3 Å². The summed E-state index contributed by atoms with van der Waals surface area (Å²) in [4.78, 5) is 23.8. The standard InChI is InChI=1S/C15H14FNO3/c1-3-12(18)14-13(19)8-11(17(2)15(14)20)9-6-4-5-7-10(9)16/h4-8,19H,3H2,1-2H3. The van der Waals surface area contributed by atoms with Crippen LogP contribution in [0.1, 0.15) is 23.7 Å². The SMILES string of the molecule is CCC(=O)c1c(O)cc(-c2ccccc2F)n(C)c1=O. The number of carbonyl (C=O) groups excluding carboxylic acids is 1. The van der Waals surface area contributed by atoms with E-state index >= 15 is 0 Å². The van der Waals surface area contributed by atoms with Gasteiger partial charge in [0.05, 0.1) is 5.69 Å². The molecule has 0 amide bonds. The maximum absolute atomic E-state index is 13.8. The fraction of sp³-hybridized carbons (Fsp3) is 0.200. The monoisotopic (exact) mass is 275 g/mol. The van der Waals surface area contributed by atoms with Gasteiger partial charge in [0.25, 0.3) is 5.56 Å². The Balaban J connectivity index is 2.74. The van der Waals surface area contributed by atoms with E-state index in [-0.39, 0.29) is 23.2 Å². The van der Waals surface area contributed by atoms with Crippen LogP contribution in [0.3, 0.4) is 0 Å². The number of pyridine rings is 1. The Morgan fingerprint density at radius 1 is 1.35 bits per heavy atom. The molecule has 1 heterocycles. The summed E-state index contributed by atoms with van der Waals surface area (Å²) in [5, 5.41) is 9.89. The van der Waals surface area contributed by atoms with Crippen LogP contribution in [0.5, 0.6) is 5.75 Å². The molecule has 0 unspecified atom stereocenters. The molecule has 104 valence electrons. The summed E-state index contributed by atoms with van der Waals surface area (Å²) in [6, 6.07) is 7.17. The van der Waals surface area contributed by atoms with E-state index in [0.717, 1.165) is 0 Å². The van der Waals surface area contributed by atoms with Crippen molar-refractivity contribution in [2.24, 2.45) is 7.05 Å². The maximum atomic E-state index is 13.8. The van der Waals surface area contributed by atoms with E-state index in [4.69, 9.17) is 0 Å². The number of halogens is 1. The van der Waals surface area contributed by atoms with Crippen molar-refractivity contribution < 1.29 is 14.3 Å². The molecule has 0 radical (unpaired) electrons. The molecule has 0 aliphatic heterocycles. The van der Waals surface area contributed by atoms with E-state index in [9.17, 15) is 19.1 Å². The van der Waals surface area contributed by atoms with Gasteiger partial charge in [-0.1, -0.05) is 19.1 Å². The highest BCUT2D eigenvalue weighted by Crippen LogP contribution is 2.26. The third kappa shape index (κ3) is 2.22. The molecule has 0 saturated carbocycles. The van der Waals surface area contributed by atoms with Crippen molar-refractivity contribution in [3.8, 4) is 17.0 Å². The Labute approximate surface area is 115 Å². The second kappa shape index (κ2) is 5.28. The Kier molecular flexibility index (Phi) is 3.70. The number of ketones is 1. The lowest BCUT2D eigenvalue weighted by Crippen LogP contribution is -2.25. The third-order valence-corrected chi connectivity index (χ3v) is 3.16. The highest BCUT2D eigenvalue weighted by Gasteiger charge is 2.19. The lowest BCUT2D eigenvalue weighted by molar-refractivity contribution is 0.0983. The normalized spacial score (nSPS) is 10.6. The van der Waals surface area contributed by atoms with Gasteiger partial charge in [0, 0.05) is 25.1 Å². The molecule has 0 spiro atoms. The van der Waals surface area contributed by atoms with Gasteiger partial charge in [0.1, 0.15) is 17.1 Å². The minimum Gasteiger partial charge on any atom is -0.507 e. The van der Waals surface area contributed by atoms with Crippen LogP contribution in [0.4, 0.5) is 4.39 Å². The minimum absolute atomic E-state index is 0.113. The van der Waals surface area contributed by atoms with Gasteiger partial charge in [-0.15, -0.1) is 0 Å². The molecular formula is C15H14FNO3. The van der Waals surface area contributed by atoms with Crippen molar-refractivity contribution in [3.05, 3.63) is 52.1 Å². The number of aromatic nitrogens is 1. The lowest BCUT2D eigenvalue weighted by Gasteiger charge is -2.12. The molecule has 0 saturated heterocycles. The first-order valence-electron chi connectivity index (χ1n) is 6.18. The first-order chi connectivity index (χ1) is 9.47. The summed E-state index contributed by atoms with van der Waals surface area (Å²) in [6.45, 7) is 1.60. The average Bonchev–Trinajstić information content (AvgIpc) is 2.43. The van der Waals surface area contributed by atoms with Gasteiger partial charge in [-0.3, -0.25) is 9.59 Å². The largest absolute Gasteiger partial charge is 0.507 e. The Morgan fingerprint density at radius 3 is 2.60 bits per heavy atom. The van der Waals surface area contributed by atoms with E-state index in [2.05, 4.69) is 0 Å². The van der Waals surface area contributed by atoms with Gasteiger partial charge in [0.2, 0.25) is 0 Å². The van der Waals surface area contributed by atoms with Crippen LogP contribution in [-0.2, 0) is 7.05 Å². The van der Waals surface area contributed by atoms with E-state index < -0.39 is 22.9 Å². The zero-order chi connectivity index (χ0) is 14.9. The van der Waals surface area contributed by atoms with Crippen molar-refractivity contribution in [2.75, 3.05) is 0 Å². The Bertz CT molecular complexity index is 734. The molecule has 1 aromatic heterocycles. The number of aromatic hydroxyl groups is 1. The predicted molar refractivity (Wildman–Crippen MR) is 73.4 cm³/mol. The van der Waals surface area contributed by atoms with Gasteiger partial charge in [0.15, 0.2) is 5.78 Å². The van der Waals surface area contributed by atoms with Crippen LogP contribution in [0.2, 0.25) is 0 Å². The molecule has 0 atom stereocenters. The first kappa shape index (κ1) is 14.0. The van der Waals surface area contributed by atoms with Crippen LogP contribution >= 0.6 is 0 Å². The molecule has 2 aromatic rings. The quantitative estimate of drug-likeness (QED) is 0.875. The number of carbonyl (C=O) groups is 1. The highest BCUT2D eigenvalue weighted by molar-refractivity contribution is 5.98. The summed E-state index contributed by atoms with van der Waals surface area (Å²) in [5.41, 5.74) is -0.471. The van der Waals surface area contributed by atoms with Crippen LogP contribution in [-0.4, -0.2) is 15.5 Å². The van der Waals surface area contributed by atoms with Crippen molar-refractivity contribution in [1.82, 2.24) is 4.57 Å². The summed E-state index contributed by atoms with van der Waals surface area (Å²) >= 11 is 0. The molecule has 4 nitrogen and oxygen atoms in total. The predicted octanol–water partition coefficient (Wildman–Crippen LogP) is 2.49. The zero-order valence-corrected chi connectivity index (χ0v) is 11.2. The molecular weight excluding hydrogens is 261 g/mol. The molecule has 0 bridgehead atoms. The fourth-order valence-electron chi connectivity index (χ4n) is 2.05. The summed E-state index contributed by atoms with van der Waals surface area (Å²) < 4.78 is 14.9. The number of benzene rings is 1. The van der Waals surface area contributed by atoms with Crippen molar-refractivity contribution in [1.29, 1.82) is 0 Å². The second-order valence-electron chi connectivity index (χ2n) is 4.41. The summed E-state index contributed by atoms with van der Waals surface area (Å²) in [7, 11) is 1.44. The maximum Gasteiger partial charge on any atom is 0.265 e. The van der Waals surface area contributed by atoms with Gasteiger partial charge < -0.3 is 9.67 Å². The van der Waals surface area contributed by atoms with Crippen molar-refractivity contribution in [3.63, 3.8) is 0 Å². The van der Waals surface area contributed by atoms with Gasteiger partial charge >= 0.3 is 0 Å². The number of nitrogens with zero attached hydrogens (tertiary/aromatic N) is 1. The summed E-state index contributed by atoms with van der Waals surface area (Å²) in [6.07, 6.45) is 0.113. The lowest BCUT2D eigenvalue weighted by atomic mass is 10.1. The van der Waals surface area contributed by atoms with Crippen LogP contribution < -0.4 is 5.56 Å². The van der Waals surface area contributed by atoms with Gasteiger partial charge in [-0.2, -0.15) is 0 Å². The van der Waals surface area contributed by atoms with Crippen molar-refractivity contribution in [2.45, 2.75) is 13.3 Å².